The summed E-state index contributed by atoms with van der Waals surface area (Å²) >= 11 is 0. The van der Waals surface area contributed by atoms with E-state index in [2.05, 4.69) is 5.32 Å². The number of primary amides is 1. The highest BCUT2D eigenvalue weighted by molar-refractivity contribution is 5.97. The van der Waals surface area contributed by atoms with Gasteiger partial charge in [0.2, 0.25) is 18.6 Å². The average Bonchev–Trinajstić information content (AvgIpc) is 3.25. The molecule has 10 heteroatoms. The van der Waals surface area contributed by atoms with Gasteiger partial charge >= 0.3 is 0 Å². The lowest BCUT2D eigenvalue weighted by atomic mass is 9.91. The van der Waals surface area contributed by atoms with E-state index in [0.717, 1.165) is 0 Å². The lowest BCUT2D eigenvalue weighted by molar-refractivity contribution is -0.126. The van der Waals surface area contributed by atoms with Gasteiger partial charge in [-0.05, 0) is 35.9 Å². The maximum atomic E-state index is 12.8. The molecule has 0 radical (unpaired) electrons. The number of benzene rings is 2. The molecule has 6 N–H and O–H groups in total. The van der Waals surface area contributed by atoms with Crippen molar-refractivity contribution in [3.63, 3.8) is 0 Å². The molecule has 0 fully saturated rings. The summed E-state index contributed by atoms with van der Waals surface area (Å²) in [5.41, 5.74) is 6.29. The molecule has 10 nitrogen and oxygen atoms in total. The first-order valence-electron chi connectivity index (χ1n) is 10.3. The minimum Gasteiger partial charge on any atom is -0.508 e. The third-order valence-electron chi connectivity index (χ3n) is 5.46. The van der Waals surface area contributed by atoms with Gasteiger partial charge in [-0.2, -0.15) is 0 Å². The van der Waals surface area contributed by atoms with Gasteiger partial charge in [0.05, 0.1) is 6.10 Å². The van der Waals surface area contributed by atoms with E-state index in [1.807, 2.05) is 0 Å². The Kier molecular flexibility index (Phi) is 6.38. The predicted molar refractivity (Wildman–Crippen MR) is 115 cm³/mol. The van der Waals surface area contributed by atoms with Gasteiger partial charge in [-0.3, -0.25) is 9.59 Å². The number of carbonyl (C=O) groups is 2. The molecular weight excluding hydrogens is 432 g/mol. The van der Waals surface area contributed by atoms with Crippen LogP contribution in [0.1, 0.15) is 12.0 Å². The molecule has 2 aromatic carbocycles. The molecule has 0 saturated carbocycles. The summed E-state index contributed by atoms with van der Waals surface area (Å²) in [4.78, 5) is 24.8. The first-order valence-corrected chi connectivity index (χ1v) is 10.3. The molecule has 0 spiro atoms. The molecule has 0 bridgehead atoms. The number of ether oxygens (including phenoxy) is 3. The first-order chi connectivity index (χ1) is 15.8. The molecular formula is C23H24N2O8. The Labute approximate surface area is 189 Å². The summed E-state index contributed by atoms with van der Waals surface area (Å²) in [5, 5.41) is 32.6. The van der Waals surface area contributed by atoms with Crippen molar-refractivity contribution in [3.05, 3.63) is 59.7 Å². The van der Waals surface area contributed by atoms with Crippen LogP contribution in [0.3, 0.4) is 0 Å². The standard InChI is InChI=1S/C23H24N2O8/c24-22(29)16(7-12-1-3-14(26)4-2-12)25-23(30)13-8-17(27)21(28)20(9-13)33-15-5-6-18-19(10-15)32-11-31-18/h1-6,9-10,16-17,20-21,26-28H,7-8,11H2,(H2,24,29)(H,25,30)/t16-,17+,20+,21+/m0/s1. The van der Waals surface area contributed by atoms with E-state index in [0.29, 0.717) is 22.8 Å². The summed E-state index contributed by atoms with van der Waals surface area (Å²) in [6.45, 7) is 0.0962. The number of phenols is 1. The van der Waals surface area contributed by atoms with Crippen molar-refractivity contribution in [1.82, 2.24) is 5.32 Å². The van der Waals surface area contributed by atoms with Crippen LogP contribution in [-0.4, -0.2) is 58.3 Å². The third-order valence-corrected chi connectivity index (χ3v) is 5.46. The van der Waals surface area contributed by atoms with E-state index in [4.69, 9.17) is 19.9 Å². The van der Waals surface area contributed by atoms with Crippen molar-refractivity contribution in [2.24, 2.45) is 5.73 Å². The van der Waals surface area contributed by atoms with E-state index in [-0.39, 0.29) is 31.0 Å². The molecule has 33 heavy (non-hydrogen) atoms. The Morgan fingerprint density at radius 1 is 1.12 bits per heavy atom. The topological polar surface area (TPSA) is 161 Å². The Morgan fingerprint density at radius 3 is 2.58 bits per heavy atom. The van der Waals surface area contributed by atoms with Crippen LogP contribution < -0.4 is 25.3 Å². The van der Waals surface area contributed by atoms with Crippen molar-refractivity contribution in [3.8, 4) is 23.0 Å². The van der Waals surface area contributed by atoms with Crippen molar-refractivity contribution < 1.29 is 39.1 Å². The van der Waals surface area contributed by atoms with Gasteiger partial charge < -0.3 is 40.6 Å². The van der Waals surface area contributed by atoms with Gasteiger partial charge in [0.25, 0.3) is 0 Å². The molecule has 1 aliphatic carbocycles. The fraction of sp³-hybridized carbons (Fsp3) is 0.304. The minimum atomic E-state index is -1.27. The van der Waals surface area contributed by atoms with Gasteiger partial charge in [0.1, 0.15) is 29.7 Å². The second-order valence-corrected chi connectivity index (χ2v) is 7.85. The quantitative estimate of drug-likeness (QED) is 0.393. The fourth-order valence-electron chi connectivity index (χ4n) is 3.65. The van der Waals surface area contributed by atoms with Crippen LogP contribution in [0, 0.1) is 0 Å². The van der Waals surface area contributed by atoms with Crippen molar-refractivity contribution in [2.45, 2.75) is 37.2 Å². The molecule has 2 aromatic rings. The van der Waals surface area contributed by atoms with Crippen LogP contribution in [0.25, 0.3) is 0 Å². The summed E-state index contributed by atoms with van der Waals surface area (Å²) < 4.78 is 16.3. The van der Waals surface area contributed by atoms with Crippen LogP contribution >= 0.6 is 0 Å². The maximum absolute atomic E-state index is 12.8. The summed E-state index contributed by atoms with van der Waals surface area (Å²) in [6.07, 6.45) is -2.13. The number of nitrogens with two attached hydrogens (primary N) is 1. The van der Waals surface area contributed by atoms with Crippen LogP contribution in [0.4, 0.5) is 0 Å². The molecule has 174 valence electrons. The first kappa shape index (κ1) is 22.4. The maximum Gasteiger partial charge on any atom is 0.247 e. The lowest BCUT2D eigenvalue weighted by Gasteiger charge is -2.31. The van der Waals surface area contributed by atoms with E-state index in [1.54, 1.807) is 30.3 Å². The highest BCUT2D eigenvalue weighted by Gasteiger charge is 2.35. The molecule has 0 saturated heterocycles. The normalized spacial score (nSPS) is 22.2. The Bertz CT molecular complexity index is 1070. The van der Waals surface area contributed by atoms with Crippen LogP contribution in [0.15, 0.2) is 54.1 Å². The SMILES string of the molecule is NC(=O)[C@H](Cc1ccc(O)cc1)NC(=O)C1=C[C@@H](Oc2ccc3c(c2)OCO3)[C@H](O)[C@H](O)C1. The van der Waals surface area contributed by atoms with E-state index in [9.17, 15) is 24.9 Å². The van der Waals surface area contributed by atoms with Crippen LogP contribution in [0.2, 0.25) is 0 Å². The monoisotopic (exact) mass is 456 g/mol. The largest absolute Gasteiger partial charge is 0.508 e. The number of amides is 2. The second-order valence-electron chi connectivity index (χ2n) is 7.85. The number of hydrogen-bond donors (Lipinski definition) is 5. The van der Waals surface area contributed by atoms with Gasteiger partial charge in [-0.1, -0.05) is 12.1 Å². The van der Waals surface area contributed by atoms with Gasteiger partial charge in [-0.15, -0.1) is 0 Å². The zero-order chi connectivity index (χ0) is 23.5. The minimum absolute atomic E-state index is 0.0758. The summed E-state index contributed by atoms with van der Waals surface area (Å²) in [7, 11) is 0. The third kappa shape index (κ3) is 5.18. The zero-order valence-electron chi connectivity index (χ0n) is 17.5. The highest BCUT2D eigenvalue weighted by atomic mass is 16.7. The Hall–Kier alpha value is -3.76. The summed E-state index contributed by atoms with van der Waals surface area (Å²) in [6, 6.07) is 10.0. The lowest BCUT2D eigenvalue weighted by Crippen LogP contribution is -2.49. The van der Waals surface area contributed by atoms with Gasteiger partial charge in [0.15, 0.2) is 11.5 Å². The number of carbonyl (C=O) groups excluding carboxylic acids is 2. The van der Waals surface area contributed by atoms with Crippen LogP contribution in [0.5, 0.6) is 23.0 Å². The molecule has 1 heterocycles. The zero-order valence-corrected chi connectivity index (χ0v) is 17.5. The number of aliphatic hydroxyl groups is 2. The molecule has 1 aliphatic heterocycles. The molecule has 2 amide bonds. The summed E-state index contributed by atoms with van der Waals surface area (Å²) in [5.74, 6) is 0.138. The van der Waals surface area contributed by atoms with E-state index in [1.165, 1.54) is 18.2 Å². The highest BCUT2D eigenvalue weighted by Crippen LogP contribution is 2.36. The van der Waals surface area contributed by atoms with Crippen molar-refractivity contribution in [1.29, 1.82) is 0 Å². The predicted octanol–water partition coefficient (Wildman–Crippen LogP) is 0.133. The smallest absolute Gasteiger partial charge is 0.247 e. The molecule has 4 atom stereocenters. The van der Waals surface area contributed by atoms with E-state index < -0.39 is 36.2 Å². The fourth-order valence-corrected chi connectivity index (χ4v) is 3.65. The van der Waals surface area contributed by atoms with E-state index >= 15 is 0 Å². The second kappa shape index (κ2) is 9.39. The number of phenolic OH excluding ortho intramolecular Hbond substituents is 1. The van der Waals surface area contributed by atoms with Gasteiger partial charge in [0, 0.05) is 24.5 Å². The number of nitrogens with one attached hydrogen (secondary N) is 1. The number of fused-ring (bicyclic) bond motifs is 1. The molecule has 0 unspecified atom stereocenters. The van der Waals surface area contributed by atoms with Gasteiger partial charge in [-0.25, -0.2) is 0 Å². The molecule has 2 aliphatic rings. The number of aromatic hydroxyl groups is 1. The molecule has 0 aromatic heterocycles. The molecule has 4 rings (SSSR count). The van der Waals surface area contributed by atoms with Crippen molar-refractivity contribution >= 4 is 11.8 Å². The Morgan fingerprint density at radius 2 is 1.85 bits per heavy atom. The van der Waals surface area contributed by atoms with Crippen molar-refractivity contribution in [2.75, 3.05) is 6.79 Å². The Balaban J connectivity index is 1.47. The number of hydrogen-bond acceptors (Lipinski definition) is 8. The number of aliphatic hydroxyl groups excluding tert-OH is 2. The number of rotatable bonds is 7. The van der Waals surface area contributed by atoms with Crippen LogP contribution in [-0.2, 0) is 16.0 Å². The average molecular weight is 456 g/mol.